The first-order chi connectivity index (χ1) is 27.4. The number of halogens is 7. The van der Waals surface area contributed by atoms with Gasteiger partial charge in [-0.25, -0.2) is 14.6 Å². The van der Waals surface area contributed by atoms with E-state index in [1.165, 1.54) is 40.4 Å². The van der Waals surface area contributed by atoms with Crippen molar-refractivity contribution in [1.29, 1.82) is 0 Å². The van der Waals surface area contributed by atoms with Gasteiger partial charge in [0.1, 0.15) is 34.6 Å². The molecule has 320 valence electrons. The Balaban J connectivity index is 0.000000217. The number of aromatic nitrogens is 4. The summed E-state index contributed by atoms with van der Waals surface area (Å²) in [5.74, 6) is -0.503. The number of ether oxygens (including phenoxy) is 3. The third-order valence-corrected chi connectivity index (χ3v) is 8.65. The summed E-state index contributed by atoms with van der Waals surface area (Å²) in [7, 11) is 3.04. The van der Waals surface area contributed by atoms with Crippen LogP contribution in [0.15, 0.2) is 77.7 Å². The highest BCUT2D eigenvalue weighted by Gasteiger charge is 2.32. The van der Waals surface area contributed by atoms with Crippen LogP contribution in [0.3, 0.4) is 0 Å². The highest BCUT2D eigenvalue weighted by atomic mass is 79.9. The lowest BCUT2D eigenvalue weighted by atomic mass is 10.2. The number of benzene rings is 2. The van der Waals surface area contributed by atoms with Crippen LogP contribution in [0.4, 0.5) is 38.0 Å². The molecule has 2 aliphatic heterocycles. The Labute approximate surface area is 337 Å². The van der Waals surface area contributed by atoms with Gasteiger partial charge >= 0.3 is 24.1 Å². The van der Waals surface area contributed by atoms with Crippen molar-refractivity contribution in [2.75, 3.05) is 0 Å². The molecule has 3 N–H and O–H groups in total. The number of fused-ring (bicyclic) bond motifs is 2. The zero-order chi connectivity index (χ0) is 44.0. The molecule has 2 aromatic carbocycles. The van der Waals surface area contributed by atoms with E-state index in [2.05, 4.69) is 35.4 Å². The van der Waals surface area contributed by atoms with Gasteiger partial charge in [-0.3, -0.25) is 27.9 Å². The Morgan fingerprint density at radius 1 is 0.712 bits per heavy atom. The maximum absolute atomic E-state index is 12.6. The van der Waals surface area contributed by atoms with Crippen LogP contribution in [0.2, 0.25) is 0 Å². The standard InChI is InChI=1S/C18H18F3N3O5.C11H14BrN3O3.C7H5F3O2/c1-10(25)6-7-24-16(26)13-9-14(22-15(13)23(2)17(24)27)28-11-4-3-5-12(8-11)29-18(19,20)21;1-6(16)3-4-15-10(17)7-5-8(12)13-9(7)14(2)11(15)18;8-7(9,10)12-6-3-1-2-5(11)4-6/h3-5,8,10,25H,6-7,9H2,1-2H3;6,16H,3-5H2,1-2H3;1-4,11H. The van der Waals surface area contributed by atoms with Gasteiger partial charge < -0.3 is 29.5 Å². The van der Waals surface area contributed by atoms with Crippen LogP contribution in [0.25, 0.3) is 0 Å². The minimum atomic E-state index is -4.84. The Morgan fingerprint density at radius 2 is 1.15 bits per heavy atom. The first-order valence-electron chi connectivity index (χ1n) is 17.3. The summed E-state index contributed by atoms with van der Waals surface area (Å²) >= 11 is 3.25. The van der Waals surface area contributed by atoms with E-state index in [-0.39, 0.29) is 60.3 Å². The van der Waals surface area contributed by atoms with Crippen molar-refractivity contribution in [2.45, 2.75) is 77.6 Å². The topological polar surface area (TPSA) is 201 Å². The van der Waals surface area contributed by atoms with Gasteiger partial charge in [-0.2, -0.15) is 4.99 Å². The van der Waals surface area contributed by atoms with Crippen LogP contribution >= 0.6 is 15.9 Å². The third-order valence-electron chi connectivity index (χ3n) is 8.19. The van der Waals surface area contributed by atoms with E-state index < -0.39 is 53.4 Å². The average molecular weight is 908 g/mol. The van der Waals surface area contributed by atoms with Gasteiger partial charge in [-0.1, -0.05) is 12.1 Å². The lowest BCUT2D eigenvalue weighted by Crippen LogP contribution is -2.40. The van der Waals surface area contributed by atoms with Gasteiger partial charge in [0.15, 0.2) is 0 Å². The molecule has 0 radical (unpaired) electrons. The number of rotatable bonds is 9. The van der Waals surface area contributed by atoms with Crippen LogP contribution in [0.1, 0.15) is 37.8 Å². The molecule has 23 heteroatoms. The molecule has 2 unspecified atom stereocenters. The fourth-order valence-electron chi connectivity index (χ4n) is 5.48. The quantitative estimate of drug-likeness (QED) is 0.201. The van der Waals surface area contributed by atoms with E-state index in [0.717, 1.165) is 33.4 Å². The minimum absolute atomic E-state index is 0.0265. The first kappa shape index (κ1) is 46.0. The number of aliphatic hydroxyl groups is 2. The summed E-state index contributed by atoms with van der Waals surface area (Å²) < 4.78 is 90.0. The number of phenols is 1. The fourth-order valence-corrected chi connectivity index (χ4v) is 5.93. The molecule has 4 aromatic rings. The first-order valence-corrected chi connectivity index (χ1v) is 18.1. The van der Waals surface area contributed by atoms with Crippen LogP contribution in [-0.2, 0) is 40.0 Å². The molecule has 16 nitrogen and oxygen atoms in total. The Kier molecular flexibility index (Phi) is 14.8. The van der Waals surface area contributed by atoms with E-state index >= 15 is 0 Å². The molecule has 6 rings (SSSR count). The summed E-state index contributed by atoms with van der Waals surface area (Å²) in [5, 5.41) is 27.4. The van der Waals surface area contributed by atoms with Gasteiger partial charge in [0.25, 0.3) is 11.1 Å². The lowest BCUT2D eigenvalue weighted by molar-refractivity contribution is -0.275. The Bertz CT molecular complexity index is 2470. The second kappa shape index (κ2) is 18.9. The van der Waals surface area contributed by atoms with Crippen molar-refractivity contribution >= 4 is 38.1 Å². The number of aromatic hydroxyl groups is 1. The minimum Gasteiger partial charge on any atom is -0.508 e. The molecule has 2 aromatic heterocycles. The van der Waals surface area contributed by atoms with Crippen LogP contribution in [0, 0.1) is 0 Å². The highest BCUT2D eigenvalue weighted by Crippen LogP contribution is 2.29. The average Bonchev–Trinajstić information content (AvgIpc) is 3.73. The molecule has 0 spiro atoms. The molecule has 0 saturated carbocycles. The number of hydrogen-bond acceptors (Lipinski definition) is 12. The fraction of sp³-hybridized carbons (Fsp3) is 0.389. The predicted octanol–water partition coefficient (Wildman–Crippen LogP) is 4.47. The summed E-state index contributed by atoms with van der Waals surface area (Å²) in [6.07, 6.45) is -9.79. The summed E-state index contributed by atoms with van der Waals surface area (Å²) in [4.78, 5) is 57.5. The van der Waals surface area contributed by atoms with Crippen molar-refractivity contribution in [3.05, 3.63) is 101 Å². The molecule has 0 aliphatic carbocycles. The Hall–Kier alpha value is -5.68. The molecular formula is C36H37BrF6N6O10. The second-order valence-electron chi connectivity index (χ2n) is 13.0. The Morgan fingerprint density at radius 3 is 1.63 bits per heavy atom. The maximum atomic E-state index is 12.6. The lowest BCUT2D eigenvalue weighted by Gasteiger charge is -2.11. The van der Waals surface area contributed by atoms with Crippen LogP contribution in [-0.4, -0.2) is 69.0 Å². The number of nitrogens with zero attached hydrogens (tertiary/aromatic N) is 6. The van der Waals surface area contributed by atoms with E-state index in [1.807, 2.05) is 0 Å². The zero-order valence-corrected chi connectivity index (χ0v) is 33.1. The summed E-state index contributed by atoms with van der Waals surface area (Å²) in [6.45, 7) is 3.44. The molecule has 59 heavy (non-hydrogen) atoms. The van der Waals surface area contributed by atoms with E-state index in [9.17, 15) is 55.7 Å². The molecule has 0 amide bonds. The molecular weight excluding hydrogens is 870 g/mol. The number of aliphatic imine (C=N–C) groups is 2. The van der Waals surface area contributed by atoms with Gasteiger partial charge in [0, 0.05) is 45.7 Å². The summed E-state index contributed by atoms with van der Waals surface area (Å²) in [6, 6.07) is 9.39. The van der Waals surface area contributed by atoms with Gasteiger partial charge in [0.05, 0.1) is 34.4 Å². The normalized spacial score (nSPS) is 14.1. The van der Waals surface area contributed by atoms with Crippen LogP contribution < -0.4 is 36.7 Å². The number of alkyl halides is 6. The smallest absolute Gasteiger partial charge is 0.508 e. The predicted molar refractivity (Wildman–Crippen MR) is 204 cm³/mol. The number of hydrogen-bond donors (Lipinski definition) is 3. The van der Waals surface area contributed by atoms with Crippen molar-refractivity contribution < 1.29 is 55.9 Å². The van der Waals surface area contributed by atoms with Gasteiger partial charge in [0.2, 0.25) is 5.90 Å². The van der Waals surface area contributed by atoms with Crippen LogP contribution in [0.5, 0.6) is 23.0 Å². The van der Waals surface area contributed by atoms with Crippen molar-refractivity contribution in [1.82, 2.24) is 18.3 Å². The largest absolute Gasteiger partial charge is 0.573 e. The number of aliphatic hydroxyl groups excluding tert-OH is 2. The van der Waals surface area contributed by atoms with E-state index in [4.69, 9.17) is 9.84 Å². The molecule has 4 heterocycles. The third kappa shape index (κ3) is 12.7. The molecule has 0 fully saturated rings. The number of phenolic OH excluding ortho intramolecular Hbond substituents is 1. The van der Waals surface area contributed by atoms with Gasteiger partial charge in [-0.15, -0.1) is 26.3 Å². The second-order valence-corrected chi connectivity index (χ2v) is 13.9. The van der Waals surface area contributed by atoms with E-state index in [0.29, 0.717) is 28.8 Å². The van der Waals surface area contributed by atoms with Gasteiger partial charge in [-0.05, 0) is 66.9 Å². The zero-order valence-electron chi connectivity index (χ0n) is 31.5. The molecule has 2 aliphatic rings. The van der Waals surface area contributed by atoms with Crippen molar-refractivity contribution in [3.8, 4) is 23.0 Å². The molecule has 0 saturated heterocycles. The van der Waals surface area contributed by atoms with E-state index in [1.54, 1.807) is 20.9 Å². The monoisotopic (exact) mass is 906 g/mol. The van der Waals surface area contributed by atoms with Crippen molar-refractivity contribution in [2.24, 2.45) is 24.1 Å². The maximum Gasteiger partial charge on any atom is 0.573 e. The summed E-state index contributed by atoms with van der Waals surface area (Å²) in [5.41, 5.74) is -1.08. The molecule has 0 bridgehead atoms. The SMILES string of the molecule is CC(O)CCn1c(=O)c2c(n(C)c1=O)N=C(Br)C2.CC(O)CCn1c(=O)c2c(n(C)c1=O)N=C(Oc1cccc(OC(F)(F)F)c1)C2.Oc1cccc(OC(F)(F)F)c1. The molecule has 2 atom stereocenters. The highest BCUT2D eigenvalue weighted by molar-refractivity contribution is 9.18. The van der Waals surface area contributed by atoms with Crippen molar-refractivity contribution in [3.63, 3.8) is 0 Å².